The van der Waals surface area contributed by atoms with Crippen LogP contribution in [0.5, 0.6) is 0 Å². The van der Waals surface area contributed by atoms with E-state index in [4.69, 9.17) is 0 Å². The molecule has 1 unspecified atom stereocenters. The van der Waals surface area contributed by atoms with Crippen LogP contribution in [-0.4, -0.2) is 10.0 Å². The van der Waals surface area contributed by atoms with Gasteiger partial charge in [0.15, 0.2) is 0 Å². The van der Waals surface area contributed by atoms with Crippen molar-refractivity contribution in [2.24, 2.45) is 5.41 Å². The Bertz CT molecular complexity index is 93.9. The summed E-state index contributed by atoms with van der Waals surface area (Å²) in [6.45, 7) is 8.25. The fourth-order valence-corrected chi connectivity index (χ4v) is 1.36. The zero-order valence-electron chi connectivity index (χ0n) is 7.15. The van der Waals surface area contributed by atoms with E-state index in [1.807, 2.05) is 0 Å². The van der Waals surface area contributed by atoms with E-state index in [2.05, 4.69) is 43.4 Å². The van der Waals surface area contributed by atoms with Gasteiger partial charge < -0.3 is 0 Å². The minimum absolute atomic E-state index is 0.277. The molecule has 0 aromatic carbocycles. The number of hydrogen-bond donors (Lipinski definition) is 0. The van der Waals surface area contributed by atoms with Gasteiger partial charge in [-0.3, -0.25) is 0 Å². The van der Waals surface area contributed by atoms with Crippen LogP contribution in [0, 0.1) is 5.41 Å². The van der Waals surface area contributed by atoms with Crippen LogP contribution in [0.15, 0.2) is 0 Å². The van der Waals surface area contributed by atoms with Crippen LogP contribution in [-0.2, 0) is 5.11 Å². The Hall–Kier alpha value is 0.690. The maximum atomic E-state index is 10.8. The second-order valence-corrected chi connectivity index (χ2v) is 5.38. The van der Waals surface area contributed by atoms with Crippen molar-refractivity contribution in [3.63, 3.8) is 0 Å². The number of halogens is 1. The zero-order chi connectivity index (χ0) is 8.36. The van der Waals surface area contributed by atoms with Crippen LogP contribution in [0.25, 0.3) is 0 Å². The molecule has 0 amide bonds. The van der Waals surface area contributed by atoms with E-state index >= 15 is 0 Å². The first-order valence-corrected chi connectivity index (χ1v) is 4.88. The van der Waals surface area contributed by atoms with Crippen LogP contribution in [0.2, 0.25) is 0 Å². The normalized spacial score (nSPS) is 18.6. The van der Waals surface area contributed by atoms with Crippen molar-refractivity contribution in [3.8, 4) is 0 Å². The largest absolute Gasteiger partial charge is 0.233 e. The highest BCUT2D eigenvalue weighted by atomic mass is 127. The fraction of sp³-hybridized carbons (Fsp3) is 1.00. The molecule has 0 aliphatic rings. The minimum atomic E-state index is -0.416. The van der Waals surface area contributed by atoms with Gasteiger partial charge in [0, 0.05) is 3.92 Å². The lowest BCUT2D eigenvalue weighted by molar-refractivity contribution is 0.0902. The predicted molar refractivity (Wildman–Crippen MR) is 52.0 cm³/mol. The van der Waals surface area contributed by atoms with Gasteiger partial charge in [0.05, 0.1) is 6.10 Å². The third-order valence-electron chi connectivity index (χ3n) is 1.48. The van der Waals surface area contributed by atoms with Gasteiger partial charge in [-0.25, -0.2) is 5.11 Å². The number of hydrogen-bond acceptors (Lipinski definition) is 0. The molecule has 2 atom stereocenters. The molecule has 0 N–H and O–H groups in total. The molecule has 1 radical (unpaired) electrons. The molecule has 10 heavy (non-hydrogen) atoms. The first-order valence-electron chi connectivity index (χ1n) is 3.64. The summed E-state index contributed by atoms with van der Waals surface area (Å²) in [7, 11) is 0. The molecule has 0 heterocycles. The van der Waals surface area contributed by atoms with Crippen LogP contribution in [0.1, 0.15) is 34.1 Å². The van der Waals surface area contributed by atoms with E-state index < -0.39 is 6.10 Å². The van der Waals surface area contributed by atoms with Crippen LogP contribution < -0.4 is 0 Å². The summed E-state index contributed by atoms with van der Waals surface area (Å²) >= 11 is 2.36. The van der Waals surface area contributed by atoms with Crippen molar-refractivity contribution in [2.45, 2.75) is 44.1 Å². The van der Waals surface area contributed by atoms with Gasteiger partial charge in [0.1, 0.15) is 0 Å². The van der Waals surface area contributed by atoms with E-state index in [1.165, 1.54) is 0 Å². The summed E-state index contributed by atoms with van der Waals surface area (Å²) in [5, 5.41) is 10.8. The van der Waals surface area contributed by atoms with Crippen molar-refractivity contribution in [1.29, 1.82) is 0 Å². The number of alkyl halides is 1. The van der Waals surface area contributed by atoms with Gasteiger partial charge in [0.25, 0.3) is 0 Å². The predicted octanol–water partition coefficient (Wildman–Crippen LogP) is 3.05. The van der Waals surface area contributed by atoms with Gasteiger partial charge in [-0.15, -0.1) is 0 Å². The molecule has 0 aliphatic carbocycles. The van der Waals surface area contributed by atoms with Crippen molar-refractivity contribution in [2.75, 3.05) is 0 Å². The van der Waals surface area contributed by atoms with E-state index in [-0.39, 0.29) is 5.41 Å². The monoisotopic (exact) mass is 255 g/mol. The standard InChI is InChI=1S/C8H16IO/c1-6(10)5-7(9)8(2,3)4/h6-7H,5H2,1-4H3/t6-,7?/m0/s1. The first kappa shape index (κ1) is 10.7. The summed E-state index contributed by atoms with van der Waals surface area (Å²) in [6, 6.07) is 0. The van der Waals surface area contributed by atoms with E-state index in [9.17, 15) is 5.11 Å². The first-order chi connectivity index (χ1) is 4.34. The average Bonchev–Trinajstić information content (AvgIpc) is 1.60. The lowest BCUT2D eigenvalue weighted by Gasteiger charge is -2.25. The van der Waals surface area contributed by atoms with Crippen molar-refractivity contribution >= 4 is 22.6 Å². The van der Waals surface area contributed by atoms with Crippen molar-refractivity contribution < 1.29 is 5.11 Å². The highest BCUT2D eigenvalue weighted by molar-refractivity contribution is 14.1. The lowest BCUT2D eigenvalue weighted by atomic mass is 9.89. The molecule has 0 aromatic heterocycles. The maximum Gasteiger partial charge on any atom is 0.0912 e. The van der Waals surface area contributed by atoms with E-state index in [0.29, 0.717) is 3.92 Å². The Labute approximate surface area is 77.3 Å². The molecule has 0 fully saturated rings. The third kappa shape index (κ3) is 4.50. The van der Waals surface area contributed by atoms with Crippen LogP contribution in [0.3, 0.4) is 0 Å². The second-order valence-electron chi connectivity index (χ2n) is 3.88. The molecular weight excluding hydrogens is 239 g/mol. The molecule has 0 bridgehead atoms. The summed E-state index contributed by atoms with van der Waals surface area (Å²) < 4.78 is 0.498. The van der Waals surface area contributed by atoms with E-state index in [1.54, 1.807) is 6.92 Å². The third-order valence-corrected chi connectivity index (χ3v) is 3.86. The van der Waals surface area contributed by atoms with Gasteiger partial charge in [-0.05, 0) is 18.8 Å². The molecule has 0 aromatic rings. The average molecular weight is 255 g/mol. The van der Waals surface area contributed by atoms with Crippen molar-refractivity contribution in [3.05, 3.63) is 0 Å². The van der Waals surface area contributed by atoms with Gasteiger partial charge in [0.2, 0.25) is 0 Å². The van der Waals surface area contributed by atoms with Gasteiger partial charge >= 0.3 is 0 Å². The molecule has 0 spiro atoms. The van der Waals surface area contributed by atoms with Gasteiger partial charge in [-0.2, -0.15) is 0 Å². The van der Waals surface area contributed by atoms with Crippen LogP contribution >= 0.6 is 22.6 Å². The lowest BCUT2D eigenvalue weighted by Crippen LogP contribution is -2.23. The molecule has 0 saturated carbocycles. The van der Waals surface area contributed by atoms with Crippen LogP contribution in [0.4, 0.5) is 0 Å². The molecule has 61 valence electrons. The number of rotatable bonds is 2. The summed E-state index contributed by atoms with van der Waals surface area (Å²) in [5.41, 5.74) is 0.277. The summed E-state index contributed by atoms with van der Waals surface area (Å²) in [5.74, 6) is 0. The molecule has 0 rings (SSSR count). The SMILES string of the molecule is C[C@H]([O])CC(I)C(C)(C)C. The maximum absolute atomic E-state index is 10.8. The quantitative estimate of drug-likeness (QED) is 0.534. The molecule has 0 aliphatic heterocycles. The fourth-order valence-electron chi connectivity index (χ4n) is 0.645. The smallest absolute Gasteiger partial charge is 0.0912 e. The van der Waals surface area contributed by atoms with Crippen molar-refractivity contribution in [1.82, 2.24) is 0 Å². The highest BCUT2D eigenvalue weighted by Crippen LogP contribution is 2.29. The molecule has 1 nitrogen and oxygen atoms in total. The summed E-state index contributed by atoms with van der Waals surface area (Å²) in [6.07, 6.45) is 0.366. The Balaban J connectivity index is 3.73. The molecular formula is C8H16IO. The zero-order valence-corrected chi connectivity index (χ0v) is 9.31. The second kappa shape index (κ2) is 3.90. The van der Waals surface area contributed by atoms with Gasteiger partial charge in [-0.1, -0.05) is 43.4 Å². The molecule has 0 saturated heterocycles. The Kier molecular flexibility index (Phi) is 4.17. The Morgan fingerprint density at radius 2 is 1.80 bits per heavy atom. The Morgan fingerprint density at radius 3 is 1.90 bits per heavy atom. The molecule has 2 heteroatoms. The minimum Gasteiger partial charge on any atom is -0.233 e. The topological polar surface area (TPSA) is 19.9 Å². The Morgan fingerprint density at radius 1 is 1.40 bits per heavy atom. The summed E-state index contributed by atoms with van der Waals surface area (Å²) in [4.78, 5) is 0. The van der Waals surface area contributed by atoms with E-state index in [0.717, 1.165) is 6.42 Å². The highest BCUT2D eigenvalue weighted by Gasteiger charge is 2.22.